The number of nitrogens with zero attached hydrogens (tertiary/aromatic N) is 3. The van der Waals surface area contributed by atoms with Gasteiger partial charge in [0, 0.05) is 13.1 Å². The summed E-state index contributed by atoms with van der Waals surface area (Å²) < 4.78 is 5.38. The normalized spacial score (nSPS) is 21.7. The molecule has 0 aliphatic carbocycles. The molecular weight excluding hydrogens is 294 g/mol. The first-order valence-corrected chi connectivity index (χ1v) is 7.47. The molecule has 0 bridgehead atoms. The van der Waals surface area contributed by atoms with Crippen LogP contribution in [0.15, 0.2) is 40.7 Å². The Hall–Kier alpha value is -2.92. The minimum Gasteiger partial charge on any atom is -0.384 e. The van der Waals surface area contributed by atoms with Crippen LogP contribution in [0, 0.1) is 11.3 Å². The number of hydrogen-bond acceptors (Lipinski definition) is 8. The molecule has 23 heavy (non-hydrogen) atoms. The van der Waals surface area contributed by atoms with Crippen molar-refractivity contribution in [2.75, 3.05) is 36.9 Å². The summed E-state index contributed by atoms with van der Waals surface area (Å²) in [7, 11) is 0. The molecule has 0 saturated carbocycles. The van der Waals surface area contributed by atoms with Crippen molar-refractivity contribution in [3.63, 3.8) is 0 Å². The van der Waals surface area contributed by atoms with Crippen molar-refractivity contribution in [3.8, 4) is 6.07 Å². The Morgan fingerprint density at radius 2 is 1.87 bits per heavy atom. The fraction of sp³-hybridized carbons (Fsp3) is 0.333. The number of rotatable bonds is 0. The number of nitriles is 1. The highest BCUT2D eigenvalue weighted by Gasteiger charge is 2.45. The maximum absolute atomic E-state index is 9.55. The van der Waals surface area contributed by atoms with Gasteiger partial charge in [0.05, 0.1) is 24.6 Å². The minimum atomic E-state index is -1.07. The van der Waals surface area contributed by atoms with Crippen molar-refractivity contribution in [2.45, 2.75) is 5.79 Å². The molecule has 1 spiro atoms. The topological polar surface area (TPSA) is 111 Å². The lowest BCUT2D eigenvalue weighted by molar-refractivity contribution is 0.0663. The number of ether oxygens (including phenoxy) is 1. The van der Waals surface area contributed by atoms with Gasteiger partial charge >= 0.3 is 0 Å². The number of nitrogens with one attached hydrogen (secondary N) is 3. The lowest BCUT2D eigenvalue weighted by atomic mass is 10.1. The van der Waals surface area contributed by atoms with E-state index in [9.17, 15) is 5.26 Å². The predicted molar refractivity (Wildman–Crippen MR) is 86.2 cm³/mol. The van der Waals surface area contributed by atoms with Gasteiger partial charge in [0.1, 0.15) is 17.5 Å². The highest BCUT2D eigenvalue weighted by Crippen LogP contribution is 2.39. The Labute approximate surface area is 133 Å². The molecule has 0 unspecified atom stereocenters. The number of aliphatic imine (C=N–C) groups is 1. The zero-order chi connectivity index (χ0) is 15.9. The van der Waals surface area contributed by atoms with Gasteiger partial charge in [-0.2, -0.15) is 10.3 Å². The molecule has 0 radical (unpaired) electrons. The molecule has 3 aliphatic rings. The van der Waals surface area contributed by atoms with Crippen LogP contribution in [-0.2, 0) is 4.74 Å². The summed E-state index contributed by atoms with van der Waals surface area (Å²) >= 11 is 0. The molecule has 8 nitrogen and oxygen atoms in total. The molecule has 3 aliphatic heterocycles. The minimum absolute atomic E-state index is 0.303. The van der Waals surface area contributed by atoms with Crippen molar-refractivity contribution in [2.24, 2.45) is 10.7 Å². The first-order valence-electron chi connectivity index (χ1n) is 7.47. The van der Waals surface area contributed by atoms with Crippen molar-refractivity contribution < 1.29 is 4.74 Å². The molecule has 118 valence electrons. The van der Waals surface area contributed by atoms with Crippen LogP contribution in [0.5, 0.6) is 0 Å². The molecule has 4 rings (SSSR count). The Morgan fingerprint density at radius 1 is 1.22 bits per heavy atom. The smallest absolute Gasteiger partial charge is 0.249 e. The van der Waals surface area contributed by atoms with Crippen molar-refractivity contribution >= 4 is 17.3 Å². The van der Waals surface area contributed by atoms with E-state index in [1.807, 2.05) is 24.3 Å². The molecule has 1 aromatic rings. The lowest BCUT2D eigenvalue weighted by Gasteiger charge is -2.37. The maximum Gasteiger partial charge on any atom is 0.249 e. The summed E-state index contributed by atoms with van der Waals surface area (Å²) in [5, 5.41) is 19.2. The Bertz CT molecular complexity index is 717. The summed E-state index contributed by atoms with van der Waals surface area (Å²) in [5.74, 6) is -0.129. The Morgan fingerprint density at radius 3 is 2.48 bits per heavy atom. The average molecular weight is 311 g/mol. The van der Waals surface area contributed by atoms with Crippen LogP contribution >= 0.6 is 0 Å². The van der Waals surface area contributed by atoms with Gasteiger partial charge in [0.15, 0.2) is 0 Å². The predicted octanol–water partition coefficient (Wildman–Crippen LogP) is 0.163. The first kappa shape index (κ1) is 13.7. The monoisotopic (exact) mass is 311 g/mol. The van der Waals surface area contributed by atoms with E-state index in [-0.39, 0.29) is 0 Å². The summed E-state index contributed by atoms with van der Waals surface area (Å²) in [6.07, 6.45) is 0. The van der Waals surface area contributed by atoms with Crippen LogP contribution in [0.1, 0.15) is 0 Å². The van der Waals surface area contributed by atoms with Gasteiger partial charge in [-0.1, -0.05) is 12.1 Å². The van der Waals surface area contributed by atoms with Crippen LogP contribution in [0.25, 0.3) is 0 Å². The number of para-hydroxylation sites is 2. The fourth-order valence-corrected chi connectivity index (χ4v) is 2.99. The van der Waals surface area contributed by atoms with Crippen LogP contribution in [-0.4, -0.2) is 42.9 Å². The third-order valence-electron chi connectivity index (χ3n) is 4.13. The van der Waals surface area contributed by atoms with Gasteiger partial charge in [-0.3, -0.25) is 0 Å². The Kier molecular flexibility index (Phi) is 3.02. The molecule has 1 saturated heterocycles. The zero-order valence-corrected chi connectivity index (χ0v) is 12.5. The van der Waals surface area contributed by atoms with Crippen LogP contribution < -0.4 is 21.7 Å². The number of morpholine rings is 1. The van der Waals surface area contributed by atoms with Gasteiger partial charge in [-0.05, 0) is 12.1 Å². The summed E-state index contributed by atoms with van der Waals surface area (Å²) in [6.45, 7) is 2.74. The maximum atomic E-state index is 9.55. The number of fused-ring (bicyclic) bond motifs is 1. The van der Waals surface area contributed by atoms with E-state index in [1.54, 1.807) is 0 Å². The number of hydrogen-bond donors (Lipinski definition) is 4. The molecule has 5 N–H and O–H groups in total. The largest absolute Gasteiger partial charge is 0.384 e. The van der Waals surface area contributed by atoms with Crippen molar-refractivity contribution in [1.29, 1.82) is 5.26 Å². The number of nitrogens with two attached hydrogens (primary N) is 1. The average Bonchev–Trinajstić information content (AvgIpc) is 2.93. The zero-order valence-electron chi connectivity index (χ0n) is 12.5. The van der Waals surface area contributed by atoms with Crippen LogP contribution in [0.3, 0.4) is 0 Å². The molecular formula is C15H17N7O. The quantitative estimate of drug-likeness (QED) is 0.540. The SMILES string of the molecule is N#CC1=C(N)NC(N2CCOCC2)=NC12Nc1ccccc1N2. The summed E-state index contributed by atoms with van der Waals surface area (Å²) in [6, 6.07) is 9.90. The number of anilines is 2. The molecule has 0 aromatic heterocycles. The summed E-state index contributed by atoms with van der Waals surface area (Å²) in [5.41, 5.74) is 8.21. The fourth-order valence-electron chi connectivity index (χ4n) is 2.99. The van der Waals surface area contributed by atoms with Crippen LogP contribution in [0.4, 0.5) is 11.4 Å². The van der Waals surface area contributed by atoms with E-state index in [0.717, 1.165) is 24.5 Å². The third-order valence-corrected chi connectivity index (χ3v) is 4.13. The Balaban J connectivity index is 1.74. The molecule has 1 fully saturated rings. The molecule has 1 aromatic carbocycles. The standard InChI is InChI=1S/C15H17N7O/c16-9-10-13(17)18-14(22-5-7-23-8-6-22)21-15(10)19-11-3-1-2-4-12(11)20-15/h1-4,19-20H,5-8,17H2,(H,18,21). The van der Waals surface area contributed by atoms with E-state index < -0.39 is 5.79 Å². The summed E-state index contributed by atoms with van der Waals surface area (Å²) in [4.78, 5) is 6.82. The second kappa shape index (κ2) is 5.07. The van der Waals surface area contributed by atoms with Crippen molar-refractivity contribution in [3.05, 3.63) is 35.7 Å². The molecule has 3 heterocycles. The van der Waals surface area contributed by atoms with Gasteiger partial charge in [-0.25, -0.2) is 0 Å². The van der Waals surface area contributed by atoms with Crippen molar-refractivity contribution in [1.82, 2.24) is 10.2 Å². The van der Waals surface area contributed by atoms with E-state index in [4.69, 9.17) is 15.5 Å². The van der Waals surface area contributed by atoms with Gasteiger partial charge in [-0.15, -0.1) is 0 Å². The second-order valence-corrected chi connectivity index (χ2v) is 5.57. The van der Waals surface area contributed by atoms with Gasteiger partial charge in [0.2, 0.25) is 11.7 Å². The second-order valence-electron chi connectivity index (χ2n) is 5.57. The molecule has 0 amide bonds. The highest BCUT2D eigenvalue weighted by molar-refractivity contribution is 5.88. The third kappa shape index (κ3) is 2.13. The van der Waals surface area contributed by atoms with E-state index in [1.165, 1.54) is 0 Å². The molecule has 0 atom stereocenters. The number of benzene rings is 1. The lowest BCUT2D eigenvalue weighted by Crippen LogP contribution is -2.56. The van der Waals surface area contributed by atoms with E-state index >= 15 is 0 Å². The van der Waals surface area contributed by atoms with Crippen LogP contribution in [0.2, 0.25) is 0 Å². The van der Waals surface area contributed by atoms with E-state index in [2.05, 4.69) is 26.9 Å². The molecule has 8 heteroatoms. The highest BCUT2D eigenvalue weighted by atomic mass is 16.5. The van der Waals surface area contributed by atoms with E-state index in [0.29, 0.717) is 30.6 Å². The number of guanidine groups is 1. The van der Waals surface area contributed by atoms with Gasteiger partial charge in [0.25, 0.3) is 0 Å². The van der Waals surface area contributed by atoms with Gasteiger partial charge < -0.3 is 31.3 Å². The first-order chi connectivity index (χ1) is 11.2.